The van der Waals surface area contributed by atoms with Gasteiger partial charge in [-0.05, 0) is 63.3 Å². The Morgan fingerprint density at radius 3 is 2.20 bits per heavy atom. The van der Waals surface area contributed by atoms with Crippen molar-refractivity contribution in [3.05, 3.63) is 28.3 Å². The van der Waals surface area contributed by atoms with Gasteiger partial charge < -0.3 is 9.64 Å². The lowest BCUT2D eigenvalue weighted by Gasteiger charge is -2.24. The summed E-state index contributed by atoms with van der Waals surface area (Å²) < 4.78 is 33.1. The number of sulfonamides is 1. The number of rotatable bonds is 3. The van der Waals surface area contributed by atoms with Gasteiger partial charge in [-0.1, -0.05) is 6.07 Å². The van der Waals surface area contributed by atoms with Crippen LogP contribution in [0.15, 0.2) is 11.0 Å². The molecule has 1 saturated heterocycles. The number of carbonyl (C=O) groups excluding carboxylic acids is 1. The number of nitrogens with zero attached hydrogens (tertiary/aromatic N) is 2. The molecule has 7 heteroatoms. The maximum atomic E-state index is 13.3. The maximum absolute atomic E-state index is 13.3. The van der Waals surface area contributed by atoms with Gasteiger partial charge in [-0.2, -0.15) is 4.31 Å². The number of ether oxygens (including phenoxy) is 1. The molecule has 1 heterocycles. The second kappa shape index (κ2) is 7.74. The lowest BCUT2D eigenvalue weighted by Crippen LogP contribution is -2.38. The van der Waals surface area contributed by atoms with Crippen molar-refractivity contribution in [1.82, 2.24) is 9.21 Å². The molecule has 1 fully saturated rings. The van der Waals surface area contributed by atoms with Crippen LogP contribution in [-0.4, -0.2) is 56.5 Å². The number of aryl methyl sites for hydroxylation is 2. The predicted octanol–water partition coefficient (Wildman–Crippen LogP) is 2.77. The van der Waals surface area contributed by atoms with Crippen LogP contribution >= 0.6 is 0 Å². The molecule has 0 saturated carbocycles. The van der Waals surface area contributed by atoms with Crippen LogP contribution in [0.3, 0.4) is 0 Å². The Morgan fingerprint density at radius 1 is 1.04 bits per heavy atom. The molecule has 1 aliphatic heterocycles. The van der Waals surface area contributed by atoms with Gasteiger partial charge in [-0.25, -0.2) is 13.2 Å². The van der Waals surface area contributed by atoms with Crippen molar-refractivity contribution in [2.75, 3.05) is 32.8 Å². The topological polar surface area (TPSA) is 66.9 Å². The largest absolute Gasteiger partial charge is 0.450 e. The van der Waals surface area contributed by atoms with E-state index in [1.54, 1.807) is 11.8 Å². The van der Waals surface area contributed by atoms with Gasteiger partial charge in [0.15, 0.2) is 0 Å². The molecule has 0 N–H and O–H groups in total. The fraction of sp³-hybridized carbons (Fsp3) is 0.611. The quantitative estimate of drug-likeness (QED) is 0.823. The highest BCUT2D eigenvalue weighted by Crippen LogP contribution is 2.29. The van der Waals surface area contributed by atoms with Crippen molar-refractivity contribution >= 4 is 16.1 Å². The molecule has 1 aliphatic rings. The molecule has 0 spiro atoms. The molecule has 6 nitrogen and oxygen atoms in total. The van der Waals surface area contributed by atoms with E-state index in [0.717, 1.165) is 22.3 Å². The van der Waals surface area contributed by atoms with Crippen molar-refractivity contribution in [2.45, 2.75) is 45.9 Å². The first-order valence-corrected chi connectivity index (χ1v) is 10.1. The van der Waals surface area contributed by atoms with E-state index in [9.17, 15) is 13.2 Å². The average Bonchev–Trinajstić information content (AvgIpc) is 2.80. The minimum Gasteiger partial charge on any atom is -0.450 e. The van der Waals surface area contributed by atoms with Crippen molar-refractivity contribution in [3.8, 4) is 0 Å². The first kappa shape index (κ1) is 19.7. The molecule has 1 amide bonds. The summed E-state index contributed by atoms with van der Waals surface area (Å²) in [5, 5.41) is 0. The van der Waals surface area contributed by atoms with Gasteiger partial charge in [0.1, 0.15) is 0 Å². The molecular formula is C18H28N2O4S. The van der Waals surface area contributed by atoms with Gasteiger partial charge in [-0.15, -0.1) is 0 Å². The fourth-order valence-corrected chi connectivity index (χ4v) is 5.27. The second-order valence-electron chi connectivity index (χ2n) is 6.53. The monoisotopic (exact) mass is 368 g/mol. The molecule has 0 aliphatic carbocycles. The molecule has 2 rings (SSSR count). The van der Waals surface area contributed by atoms with Crippen LogP contribution in [0.5, 0.6) is 0 Å². The lowest BCUT2D eigenvalue weighted by atomic mass is 10.0. The summed E-state index contributed by atoms with van der Waals surface area (Å²) in [6, 6.07) is 2.02. The summed E-state index contributed by atoms with van der Waals surface area (Å²) in [5.74, 6) is 0. The van der Waals surface area contributed by atoms with Crippen LogP contribution in [-0.2, 0) is 14.8 Å². The van der Waals surface area contributed by atoms with Gasteiger partial charge in [0.25, 0.3) is 0 Å². The Kier molecular flexibility index (Phi) is 6.11. The highest BCUT2D eigenvalue weighted by Gasteiger charge is 2.31. The average molecular weight is 368 g/mol. The van der Waals surface area contributed by atoms with E-state index in [4.69, 9.17) is 4.74 Å². The van der Waals surface area contributed by atoms with E-state index in [0.29, 0.717) is 37.6 Å². The molecular weight excluding hydrogens is 340 g/mol. The van der Waals surface area contributed by atoms with E-state index in [2.05, 4.69) is 0 Å². The Balaban J connectivity index is 2.31. The highest BCUT2D eigenvalue weighted by molar-refractivity contribution is 7.89. The molecule has 0 unspecified atom stereocenters. The minimum atomic E-state index is -3.60. The molecule has 0 aromatic heterocycles. The minimum absolute atomic E-state index is 0.285. The Hall–Kier alpha value is -1.60. The fourth-order valence-electron chi connectivity index (χ4n) is 3.23. The van der Waals surface area contributed by atoms with Crippen molar-refractivity contribution in [1.29, 1.82) is 0 Å². The molecule has 140 valence electrons. The van der Waals surface area contributed by atoms with Gasteiger partial charge >= 0.3 is 6.09 Å². The summed E-state index contributed by atoms with van der Waals surface area (Å²) in [6.07, 6.45) is 0.224. The molecule has 0 radical (unpaired) electrons. The zero-order valence-electron chi connectivity index (χ0n) is 15.8. The van der Waals surface area contributed by atoms with Crippen molar-refractivity contribution < 1.29 is 17.9 Å². The number of benzene rings is 1. The maximum Gasteiger partial charge on any atom is 0.409 e. The summed E-state index contributed by atoms with van der Waals surface area (Å²) in [4.78, 5) is 13.9. The van der Waals surface area contributed by atoms with Gasteiger partial charge in [0, 0.05) is 26.2 Å². The summed E-state index contributed by atoms with van der Waals surface area (Å²) >= 11 is 0. The van der Waals surface area contributed by atoms with Crippen LogP contribution in [0.4, 0.5) is 4.79 Å². The van der Waals surface area contributed by atoms with Crippen LogP contribution in [0.25, 0.3) is 0 Å². The summed E-state index contributed by atoms with van der Waals surface area (Å²) in [5.41, 5.74) is 3.55. The molecule has 0 atom stereocenters. The second-order valence-corrected chi connectivity index (χ2v) is 8.41. The Bertz CT molecular complexity index is 733. The smallest absolute Gasteiger partial charge is 0.409 e. The third-order valence-corrected chi connectivity index (χ3v) is 7.05. The van der Waals surface area contributed by atoms with Crippen molar-refractivity contribution in [3.63, 3.8) is 0 Å². The Labute approximate surface area is 150 Å². The first-order chi connectivity index (χ1) is 11.7. The Morgan fingerprint density at radius 2 is 1.64 bits per heavy atom. The van der Waals surface area contributed by atoms with Crippen LogP contribution in [0, 0.1) is 27.7 Å². The normalized spacial score (nSPS) is 16.6. The van der Waals surface area contributed by atoms with E-state index in [1.807, 2.05) is 33.8 Å². The standard InChI is InChI=1S/C18H28N2O4S/c1-6-24-18(21)19-8-7-9-20(11-10-19)25(22,23)17-15(4)13(2)12-14(3)16(17)5/h12H,6-11H2,1-5H3. The van der Waals surface area contributed by atoms with Crippen molar-refractivity contribution in [2.24, 2.45) is 0 Å². The number of hydrogen-bond donors (Lipinski definition) is 0. The third-order valence-electron chi connectivity index (χ3n) is 4.88. The van der Waals surface area contributed by atoms with Gasteiger partial charge in [0.2, 0.25) is 10.0 Å². The summed E-state index contributed by atoms with van der Waals surface area (Å²) in [7, 11) is -3.60. The number of amides is 1. The lowest BCUT2D eigenvalue weighted by molar-refractivity contribution is 0.109. The van der Waals surface area contributed by atoms with E-state index < -0.39 is 10.0 Å². The number of hydrogen-bond acceptors (Lipinski definition) is 4. The zero-order chi connectivity index (χ0) is 18.8. The number of carbonyl (C=O) groups is 1. The van der Waals surface area contributed by atoms with Gasteiger partial charge in [-0.3, -0.25) is 0 Å². The van der Waals surface area contributed by atoms with Crippen LogP contribution < -0.4 is 0 Å². The third kappa shape index (κ3) is 3.98. The molecule has 0 bridgehead atoms. The first-order valence-electron chi connectivity index (χ1n) is 8.69. The van der Waals surface area contributed by atoms with Crippen LogP contribution in [0.2, 0.25) is 0 Å². The highest BCUT2D eigenvalue weighted by atomic mass is 32.2. The summed E-state index contributed by atoms with van der Waals surface area (Å²) in [6.45, 7) is 11.2. The van der Waals surface area contributed by atoms with E-state index >= 15 is 0 Å². The molecule has 1 aromatic carbocycles. The molecule has 1 aromatic rings. The van der Waals surface area contributed by atoms with Crippen LogP contribution in [0.1, 0.15) is 35.6 Å². The van der Waals surface area contributed by atoms with Gasteiger partial charge in [0.05, 0.1) is 11.5 Å². The van der Waals surface area contributed by atoms with E-state index in [-0.39, 0.29) is 12.6 Å². The molecule has 25 heavy (non-hydrogen) atoms. The predicted molar refractivity (Wildman–Crippen MR) is 97.4 cm³/mol. The zero-order valence-corrected chi connectivity index (χ0v) is 16.6. The van der Waals surface area contributed by atoms with E-state index in [1.165, 1.54) is 4.31 Å². The SMILES string of the molecule is CCOC(=O)N1CCCN(S(=O)(=O)c2c(C)c(C)cc(C)c2C)CC1.